The third-order valence-electron chi connectivity index (χ3n) is 3.38. The molecule has 0 saturated heterocycles. The van der Waals surface area contributed by atoms with E-state index in [-0.39, 0.29) is 6.10 Å². The van der Waals surface area contributed by atoms with Crippen molar-refractivity contribution in [3.05, 3.63) is 46.8 Å². The first-order valence-corrected chi connectivity index (χ1v) is 7.09. The molecule has 0 bridgehead atoms. The predicted octanol–water partition coefficient (Wildman–Crippen LogP) is 3.28. The number of benzene rings is 1. The first kappa shape index (κ1) is 14.6. The number of hydrogen-bond donors (Lipinski definition) is 2. The highest BCUT2D eigenvalue weighted by atomic mass is 16.5. The van der Waals surface area contributed by atoms with Crippen LogP contribution >= 0.6 is 0 Å². The average molecular weight is 273 g/mol. The monoisotopic (exact) mass is 273 g/mol. The molecule has 1 unspecified atom stereocenters. The van der Waals surface area contributed by atoms with Crippen LogP contribution in [0.15, 0.2) is 24.3 Å². The minimum absolute atomic E-state index is 0.0729. The lowest BCUT2D eigenvalue weighted by molar-refractivity contribution is 0.220. The van der Waals surface area contributed by atoms with E-state index in [9.17, 15) is 0 Å². The number of hydrogen-bond acceptors (Lipinski definition) is 3. The molecule has 0 aliphatic rings. The molecule has 2 N–H and O–H groups in total. The van der Waals surface area contributed by atoms with Crippen LogP contribution in [-0.2, 0) is 6.54 Å². The second-order valence-corrected chi connectivity index (χ2v) is 5.07. The zero-order valence-corrected chi connectivity index (χ0v) is 12.7. The summed E-state index contributed by atoms with van der Waals surface area (Å²) in [7, 11) is 0. The molecule has 1 atom stereocenters. The maximum Gasteiger partial charge on any atom is 0.140 e. The summed E-state index contributed by atoms with van der Waals surface area (Å²) >= 11 is 0. The van der Waals surface area contributed by atoms with Gasteiger partial charge in [-0.3, -0.25) is 5.10 Å². The zero-order chi connectivity index (χ0) is 14.5. The molecule has 1 aromatic heterocycles. The highest BCUT2D eigenvalue weighted by molar-refractivity contribution is 5.29. The van der Waals surface area contributed by atoms with Crippen LogP contribution in [0.1, 0.15) is 42.5 Å². The van der Waals surface area contributed by atoms with Crippen molar-refractivity contribution in [1.29, 1.82) is 0 Å². The molecule has 0 fully saturated rings. The van der Waals surface area contributed by atoms with Crippen LogP contribution in [0.25, 0.3) is 0 Å². The Bertz CT molecular complexity index is 545. The standard InChI is InChI=1S/C16H23N3O/c1-5-17-10-15-12(3)18-19-16(15)13(4)20-14-8-6-11(2)7-9-14/h6-9,13,17H,5,10H2,1-4H3,(H,18,19). The maximum absolute atomic E-state index is 5.98. The topological polar surface area (TPSA) is 49.9 Å². The lowest BCUT2D eigenvalue weighted by Gasteiger charge is -2.15. The van der Waals surface area contributed by atoms with Gasteiger partial charge in [0.15, 0.2) is 0 Å². The Morgan fingerprint density at radius 3 is 2.60 bits per heavy atom. The third-order valence-corrected chi connectivity index (χ3v) is 3.38. The van der Waals surface area contributed by atoms with E-state index in [0.717, 1.165) is 30.2 Å². The summed E-state index contributed by atoms with van der Waals surface area (Å²) < 4.78 is 5.98. The van der Waals surface area contributed by atoms with Gasteiger partial charge in [0.05, 0.1) is 0 Å². The molecule has 1 heterocycles. The summed E-state index contributed by atoms with van der Waals surface area (Å²) in [5, 5.41) is 10.8. The molecule has 108 valence electrons. The fraction of sp³-hybridized carbons (Fsp3) is 0.438. The van der Waals surface area contributed by atoms with E-state index in [1.165, 1.54) is 11.1 Å². The second kappa shape index (κ2) is 6.57. The van der Waals surface area contributed by atoms with E-state index in [2.05, 4.69) is 41.5 Å². The molecule has 0 saturated carbocycles. The van der Waals surface area contributed by atoms with Crippen molar-refractivity contribution in [2.75, 3.05) is 6.54 Å². The van der Waals surface area contributed by atoms with Crippen molar-refractivity contribution >= 4 is 0 Å². The van der Waals surface area contributed by atoms with Gasteiger partial charge in [-0.15, -0.1) is 0 Å². The lowest BCUT2D eigenvalue weighted by Crippen LogP contribution is -2.15. The third kappa shape index (κ3) is 3.39. The fourth-order valence-electron chi connectivity index (χ4n) is 2.16. The molecular formula is C16H23N3O. The van der Waals surface area contributed by atoms with E-state index < -0.39 is 0 Å². The average Bonchev–Trinajstić information content (AvgIpc) is 2.80. The Morgan fingerprint density at radius 2 is 1.95 bits per heavy atom. The molecule has 0 amide bonds. The Morgan fingerprint density at radius 1 is 1.25 bits per heavy atom. The summed E-state index contributed by atoms with van der Waals surface area (Å²) in [4.78, 5) is 0. The molecule has 0 radical (unpaired) electrons. The van der Waals surface area contributed by atoms with Crippen molar-refractivity contribution in [1.82, 2.24) is 15.5 Å². The predicted molar refractivity (Wildman–Crippen MR) is 80.9 cm³/mol. The molecule has 4 heteroatoms. The van der Waals surface area contributed by atoms with Crippen LogP contribution in [-0.4, -0.2) is 16.7 Å². The van der Waals surface area contributed by atoms with E-state index in [4.69, 9.17) is 4.74 Å². The molecule has 1 aromatic carbocycles. The van der Waals surface area contributed by atoms with E-state index in [1.54, 1.807) is 0 Å². The number of nitrogens with one attached hydrogen (secondary N) is 2. The van der Waals surface area contributed by atoms with E-state index >= 15 is 0 Å². The Hall–Kier alpha value is -1.81. The van der Waals surface area contributed by atoms with Gasteiger partial charge in [-0.2, -0.15) is 5.10 Å². The SMILES string of the molecule is CCNCc1c(C(C)Oc2ccc(C)cc2)n[nH]c1C. The zero-order valence-electron chi connectivity index (χ0n) is 12.7. The molecule has 4 nitrogen and oxygen atoms in total. The largest absolute Gasteiger partial charge is 0.484 e. The smallest absolute Gasteiger partial charge is 0.140 e. The van der Waals surface area contributed by atoms with Gasteiger partial charge >= 0.3 is 0 Å². The van der Waals surface area contributed by atoms with Crippen molar-refractivity contribution in [3.63, 3.8) is 0 Å². The van der Waals surface area contributed by atoms with Gasteiger partial charge in [0.25, 0.3) is 0 Å². The Labute approximate surface area is 120 Å². The van der Waals surface area contributed by atoms with E-state index in [0.29, 0.717) is 0 Å². The summed E-state index contributed by atoms with van der Waals surface area (Å²) in [6.07, 6.45) is -0.0729. The minimum atomic E-state index is -0.0729. The van der Waals surface area contributed by atoms with E-state index in [1.807, 2.05) is 26.0 Å². The Balaban J connectivity index is 2.12. The van der Waals surface area contributed by atoms with Crippen LogP contribution in [0.4, 0.5) is 0 Å². The normalized spacial score (nSPS) is 12.4. The number of nitrogens with zero attached hydrogens (tertiary/aromatic N) is 1. The number of aromatic amines is 1. The van der Waals surface area contributed by atoms with Gasteiger partial charge in [0.2, 0.25) is 0 Å². The van der Waals surface area contributed by atoms with Gasteiger partial charge in [-0.1, -0.05) is 24.6 Å². The summed E-state index contributed by atoms with van der Waals surface area (Å²) in [5.74, 6) is 0.873. The number of aromatic nitrogens is 2. The summed E-state index contributed by atoms with van der Waals surface area (Å²) in [6, 6.07) is 8.10. The molecule has 0 spiro atoms. The second-order valence-electron chi connectivity index (χ2n) is 5.07. The number of ether oxygens (including phenoxy) is 1. The molecule has 0 aliphatic carbocycles. The number of aryl methyl sites for hydroxylation is 2. The summed E-state index contributed by atoms with van der Waals surface area (Å²) in [5.41, 5.74) is 4.50. The number of H-pyrrole nitrogens is 1. The molecular weight excluding hydrogens is 250 g/mol. The molecule has 2 aromatic rings. The van der Waals surface area contributed by atoms with Crippen LogP contribution in [0.2, 0.25) is 0 Å². The van der Waals surface area contributed by atoms with Gasteiger partial charge in [-0.25, -0.2) is 0 Å². The summed E-state index contributed by atoms with van der Waals surface area (Å²) in [6.45, 7) is 10.00. The fourth-order valence-corrected chi connectivity index (χ4v) is 2.16. The van der Waals surface area contributed by atoms with Crippen molar-refractivity contribution in [2.45, 2.75) is 40.3 Å². The number of rotatable bonds is 6. The van der Waals surface area contributed by atoms with Gasteiger partial charge < -0.3 is 10.1 Å². The highest BCUT2D eigenvalue weighted by Gasteiger charge is 2.17. The van der Waals surface area contributed by atoms with Crippen LogP contribution in [0.5, 0.6) is 5.75 Å². The molecule has 20 heavy (non-hydrogen) atoms. The lowest BCUT2D eigenvalue weighted by atomic mass is 10.1. The Kier molecular flexibility index (Phi) is 4.79. The molecule has 2 rings (SSSR count). The first-order valence-electron chi connectivity index (χ1n) is 7.09. The minimum Gasteiger partial charge on any atom is -0.484 e. The van der Waals surface area contributed by atoms with Crippen molar-refractivity contribution in [2.24, 2.45) is 0 Å². The van der Waals surface area contributed by atoms with Crippen LogP contribution < -0.4 is 10.1 Å². The van der Waals surface area contributed by atoms with Crippen LogP contribution in [0.3, 0.4) is 0 Å². The maximum atomic E-state index is 5.98. The van der Waals surface area contributed by atoms with Gasteiger partial charge in [-0.05, 0) is 39.4 Å². The quantitative estimate of drug-likeness (QED) is 0.849. The first-order chi connectivity index (χ1) is 9.61. The highest BCUT2D eigenvalue weighted by Crippen LogP contribution is 2.24. The van der Waals surface area contributed by atoms with Gasteiger partial charge in [0, 0.05) is 17.8 Å². The van der Waals surface area contributed by atoms with Crippen molar-refractivity contribution in [3.8, 4) is 5.75 Å². The van der Waals surface area contributed by atoms with Crippen LogP contribution in [0, 0.1) is 13.8 Å². The molecule has 0 aliphatic heterocycles. The van der Waals surface area contributed by atoms with Crippen molar-refractivity contribution < 1.29 is 4.74 Å². The van der Waals surface area contributed by atoms with Gasteiger partial charge in [0.1, 0.15) is 17.5 Å².